The Kier molecular flexibility index (Phi) is 4.34. The number of unbranched alkanes of at least 4 members (excludes halogenated alkanes) is 2. The first-order chi connectivity index (χ1) is 8.16. The number of rotatable bonds is 4. The number of aryl methyl sites for hydroxylation is 1. The molecule has 0 aliphatic carbocycles. The minimum Gasteiger partial charge on any atom is -0.354 e. The number of hydrogen-bond acceptors (Lipinski definition) is 0. The second-order valence-electron chi connectivity index (χ2n) is 4.03. The summed E-state index contributed by atoms with van der Waals surface area (Å²) >= 11 is 0. The summed E-state index contributed by atoms with van der Waals surface area (Å²) in [5.41, 5.74) is -2.95. The van der Waals surface area contributed by atoms with Gasteiger partial charge in [0.15, 0.2) is 0 Å². The minimum absolute atomic E-state index is 0.0290. The van der Waals surface area contributed by atoms with E-state index in [1.54, 1.807) is 0 Å². The summed E-state index contributed by atoms with van der Waals surface area (Å²) in [6.45, 7) is 1.86. The third-order valence-corrected chi connectivity index (χ3v) is 2.54. The van der Waals surface area contributed by atoms with Crippen LogP contribution in [0.15, 0.2) is 6.07 Å². The van der Waals surface area contributed by atoms with Gasteiger partial charge in [0.2, 0.25) is 0 Å². The van der Waals surface area contributed by atoms with Gasteiger partial charge in [-0.2, -0.15) is 26.3 Å². The lowest BCUT2D eigenvalue weighted by molar-refractivity contribution is -0.142. The quantitative estimate of drug-likeness (QED) is 0.600. The van der Waals surface area contributed by atoms with Crippen molar-refractivity contribution < 1.29 is 26.3 Å². The second kappa shape index (κ2) is 5.24. The fourth-order valence-electron chi connectivity index (χ4n) is 1.65. The number of aromatic nitrogens is 1. The van der Waals surface area contributed by atoms with Gasteiger partial charge in [-0.1, -0.05) is 19.8 Å². The molecular formula is C11H13F6N. The van der Waals surface area contributed by atoms with Crippen LogP contribution in [-0.2, 0) is 18.8 Å². The molecule has 1 nitrogen and oxygen atoms in total. The highest BCUT2D eigenvalue weighted by atomic mass is 19.4. The molecule has 1 aromatic heterocycles. The fourth-order valence-corrected chi connectivity index (χ4v) is 1.65. The van der Waals surface area contributed by atoms with E-state index in [0.29, 0.717) is 12.8 Å². The first-order valence-corrected chi connectivity index (χ1v) is 5.52. The van der Waals surface area contributed by atoms with Crippen molar-refractivity contribution in [2.24, 2.45) is 0 Å². The van der Waals surface area contributed by atoms with E-state index in [1.165, 1.54) is 0 Å². The summed E-state index contributed by atoms with van der Waals surface area (Å²) in [6, 6.07) is 0.140. The van der Waals surface area contributed by atoms with E-state index in [9.17, 15) is 26.3 Å². The highest BCUT2D eigenvalue weighted by molar-refractivity contribution is 5.30. The van der Waals surface area contributed by atoms with Gasteiger partial charge in [0, 0.05) is 5.69 Å². The van der Waals surface area contributed by atoms with Crippen LogP contribution in [0.1, 0.15) is 43.1 Å². The summed E-state index contributed by atoms with van der Waals surface area (Å²) in [5.74, 6) is 0. The predicted molar refractivity (Wildman–Crippen MR) is 54.0 cm³/mol. The van der Waals surface area contributed by atoms with Gasteiger partial charge >= 0.3 is 12.4 Å². The SMILES string of the molecule is CCCCCc1[nH]c(C(F)(F)F)cc1C(F)(F)F. The average molecular weight is 273 g/mol. The van der Waals surface area contributed by atoms with Crippen LogP contribution in [0, 0.1) is 0 Å². The summed E-state index contributed by atoms with van der Waals surface area (Å²) < 4.78 is 74.8. The van der Waals surface area contributed by atoms with Gasteiger partial charge in [0.05, 0.1) is 5.56 Å². The fraction of sp³-hybridized carbons (Fsp3) is 0.636. The van der Waals surface area contributed by atoms with Gasteiger partial charge in [0.1, 0.15) is 5.69 Å². The summed E-state index contributed by atoms with van der Waals surface area (Å²) in [4.78, 5) is 1.84. The third kappa shape index (κ3) is 3.68. The van der Waals surface area contributed by atoms with Crippen LogP contribution in [0.4, 0.5) is 26.3 Å². The van der Waals surface area contributed by atoms with Crippen LogP contribution >= 0.6 is 0 Å². The average Bonchev–Trinajstić information content (AvgIpc) is 2.61. The molecule has 0 unspecified atom stereocenters. The van der Waals surface area contributed by atoms with Crippen LogP contribution in [0.5, 0.6) is 0 Å². The molecule has 0 saturated carbocycles. The van der Waals surface area contributed by atoms with Crippen molar-refractivity contribution in [3.63, 3.8) is 0 Å². The standard InChI is InChI=1S/C11H13F6N/c1-2-3-4-5-8-7(10(12,13)14)6-9(18-8)11(15,16)17/h6,18H,2-5H2,1H3. The first-order valence-electron chi connectivity index (χ1n) is 5.52. The molecule has 0 bridgehead atoms. The molecule has 1 rings (SSSR count). The maximum atomic E-state index is 12.6. The molecule has 0 aromatic carbocycles. The Balaban J connectivity index is 3.02. The lowest BCUT2D eigenvalue weighted by atomic mass is 10.1. The van der Waals surface area contributed by atoms with Crippen molar-refractivity contribution in [3.8, 4) is 0 Å². The minimum atomic E-state index is -4.79. The maximum Gasteiger partial charge on any atom is 0.431 e. The number of halogens is 6. The van der Waals surface area contributed by atoms with Crippen molar-refractivity contribution in [3.05, 3.63) is 23.0 Å². The molecule has 1 aromatic rings. The Morgan fingerprint density at radius 2 is 1.61 bits per heavy atom. The summed E-state index contributed by atoms with van der Waals surface area (Å²) in [7, 11) is 0. The zero-order chi connectivity index (χ0) is 14.0. The van der Waals surface area contributed by atoms with Crippen LogP contribution in [0.3, 0.4) is 0 Å². The molecule has 0 fully saturated rings. The predicted octanol–water partition coefficient (Wildman–Crippen LogP) is 4.79. The van der Waals surface area contributed by atoms with E-state index >= 15 is 0 Å². The molecule has 18 heavy (non-hydrogen) atoms. The zero-order valence-electron chi connectivity index (χ0n) is 9.67. The number of aromatic amines is 1. The molecular weight excluding hydrogens is 260 g/mol. The Labute approximate surface area is 100 Å². The van der Waals surface area contributed by atoms with E-state index in [0.717, 1.165) is 6.42 Å². The van der Waals surface area contributed by atoms with Crippen LogP contribution < -0.4 is 0 Å². The summed E-state index contributed by atoms with van der Waals surface area (Å²) in [6.07, 6.45) is -7.69. The van der Waals surface area contributed by atoms with Crippen LogP contribution in [0.2, 0.25) is 0 Å². The van der Waals surface area contributed by atoms with Crippen molar-refractivity contribution in [1.29, 1.82) is 0 Å². The third-order valence-electron chi connectivity index (χ3n) is 2.54. The number of hydrogen-bond donors (Lipinski definition) is 1. The van der Waals surface area contributed by atoms with Crippen LogP contribution in [-0.4, -0.2) is 4.98 Å². The van der Waals surface area contributed by atoms with Gasteiger partial charge in [-0.05, 0) is 18.9 Å². The number of alkyl halides is 6. The molecule has 0 spiro atoms. The van der Waals surface area contributed by atoms with Crippen LogP contribution in [0.25, 0.3) is 0 Å². The molecule has 0 aliphatic rings. The lowest BCUT2D eigenvalue weighted by Gasteiger charge is -2.07. The van der Waals surface area contributed by atoms with Gasteiger partial charge in [-0.15, -0.1) is 0 Å². The van der Waals surface area contributed by atoms with E-state index < -0.39 is 23.6 Å². The molecule has 104 valence electrons. The molecule has 1 N–H and O–H groups in total. The first kappa shape index (κ1) is 14.9. The molecule has 0 aliphatic heterocycles. The Morgan fingerprint density at radius 3 is 2.06 bits per heavy atom. The lowest BCUT2D eigenvalue weighted by Crippen LogP contribution is -2.07. The molecule has 0 saturated heterocycles. The van der Waals surface area contributed by atoms with Gasteiger partial charge in [-0.3, -0.25) is 0 Å². The number of H-pyrrole nitrogens is 1. The monoisotopic (exact) mass is 273 g/mol. The maximum absolute atomic E-state index is 12.6. The van der Waals surface area contributed by atoms with Gasteiger partial charge in [0.25, 0.3) is 0 Å². The molecule has 0 radical (unpaired) electrons. The van der Waals surface area contributed by atoms with E-state index in [-0.39, 0.29) is 18.2 Å². The van der Waals surface area contributed by atoms with Crippen molar-refractivity contribution >= 4 is 0 Å². The topological polar surface area (TPSA) is 15.8 Å². The van der Waals surface area contributed by atoms with Crippen molar-refractivity contribution in [1.82, 2.24) is 4.98 Å². The molecule has 0 amide bonds. The van der Waals surface area contributed by atoms with Crippen molar-refractivity contribution in [2.75, 3.05) is 0 Å². The van der Waals surface area contributed by atoms with Crippen molar-refractivity contribution in [2.45, 2.75) is 45.0 Å². The Bertz CT molecular complexity index is 387. The normalized spacial score (nSPS) is 13.1. The second-order valence-corrected chi connectivity index (χ2v) is 4.03. The molecule has 1 heterocycles. The highest BCUT2D eigenvalue weighted by Crippen LogP contribution is 2.37. The largest absolute Gasteiger partial charge is 0.431 e. The van der Waals surface area contributed by atoms with E-state index in [1.807, 2.05) is 11.9 Å². The van der Waals surface area contributed by atoms with Gasteiger partial charge < -0.3 is 4.98 Å². The Morgan fingerprint density at radius 1 is 1.00 bits per heavy atom. The van der Waals surface area contributed by atoms with Gasteiger partial charge in [-0.25, -0.2) is 0 Å². The van der Waals surface area contributed by atoms with E-state index in [2.05, 4.69) is 0 Å². The molecule has 0 atom stereocenters. The molecule has 7 heteroatoms. The summed E-state index contributed by atoms with van der Waals surface area (Å²) in [5, 5.41) is 0. The van der Waals surface area contributed by atoms with E-state index in [4.69, 9.17) is 0 Å². The highest BCUT2D eigenvalue weighted by Gasteiger charge is 2.40. The number of nitrogens with one attached hydrogen (secondary N) is 1. The smallest absolute Gasteiger partial charge is 0.354 e. The Hall–Kier alpha value is -1.14. The zero-order valence-corrected chi connectivity index (χ0v) is 9.67.